The molecule has 0 radical (unpaired) electrons. The lowest BCUT2D eigenvalue weighted by Crippen LogP contribution is -2.35. The minimum atomic E-state index is -0.173. The van der Waals surface area contributed by atoms with Gasteiger partial charge in [-0.15, -0.1) is 0 Å². The lowest BCUT2D eigenvalue weighted by atomic mass is 9.96. The van der Waals surface area contributed by atoms with Crippen LogP contribution in [0.15, 0.2) is 30.3 Å². The average Bonchev–Trinajstić information content (AvgIpc) is 2.99. The molecular weight excluding hydrogens is 240 g/mol. The number of nitrogens with one attached hydrogen (secondary N) is 1. The summed E-state index contributed by atoms with van der Waals surface area (Å²) in [6, 6.07) is 10.2. The van der Waals surface area contributed by atoms with Gasteiger partial charge in [-0.05, 0) is 30.5 Å². The quantitative estimate of drug-likeness (QED) is 0.904. The van der Waals surface area contributed by atoms with Gasteiger partial charge in [0.15, 0.2) is 0 Å². The van der Waals surface area contributed by atoms with E-state index in [4.69, 9.17) is 4.74 Å². The zero-order valence-electron chi connectivity index (χ0n) is 11.2. The minimum absolute atomic E-state index is 0.0708. The molecule has 0 saturated carbocycles. The summed E-state index contributed by atoms with van der Waals surface area (Å²) in [5.41, 5.74) is 1.16. The molecule has 102 valence electrons. The summed E-state index contributed by atoms with van der Waals surface area (Å²) in [5, 5.41) is 3.39. The molecule has 0 spiro atoms. The van der Waals surface area contributed by atoms with E-state index in [0.717, 1.165) is 25.2 Å². The number of hydrogen-bond acceptors (Lipinski definition) is 3. The van der Waals surface area contributed by atoms with Crippen molar-refractivity contribution in [3.05, 3.63) is 35.9 Å². The van der Waals surface area contributed by atoms with Crippen LogP contribution in [0, 0.1) is 11.8 Å². The molecule has 3 unspecified atom stereocenters. The second-order valence-electron chi connectivity index (χ2n) is 5.55. The number of rotatable bonds is 3. The second-order valence-corrected chi connectivity index (χ2v) is 5.55. The van der Waals surface area contributed by atoms with Crippen LogP contribution in [0.3, 0.4) is 0 Å². The van der Waals surface area contributed by atoms with Crippen LogP contribution in [0.2, 0.25) is 0 Å². The van der Waals surface area contributed by atoms with E-state index in [0.29, 0.717) is 18.4 Å². The maximum Gasteiger partial charge on any atom is 0.410 e. The van der Waals surface area contributed by atoms with Crippen LogP contribution < -0.4 is 5.32 Å². The summed E-state index contributed by atoms with van der Waals surface area (Å²) in [6.07, 6.45) is -0.173. The third-order valence-electron chi connectivity index (χ3n) is 4.27. The number of hydrogen-bond donors (Lipinski definition) is 1. The number of benzene rings is 1. The molecule has 3 rings (SSSR count). The van der Waals surface area contributed by atoms with Crippen LogP contribution >= 0.6 is 0 Å². The van der Waals surface area contributed by atoms with Crippen molar-refractivity contribution < 1.29 is 9.53 Å². The Morgan fingerprint density at radius 3 is 2.79 bits per heavy atom. The molecule has 4 heteroatoms. The Bertz CT molecular complexity index is 449. The fourth-order valence-electron chi connectivity index (χ4n) is 2.96. The lowest BCUT2D eigenvalue weighted by Gasteiger charge is -2.26. The first-order valence-corrected chi connectivity index (χ1v) is 6.95. The first-order valence-electron chi connectivity index (χ1n) is 6.95. The fourth-order valence-corrected chi connectivity index (χ4v) is 2.96. The number of ether oxygens (including phenoxy) is 1. The van der Waals surface area contributed by atoms with E-state index in [1.807, 2.05) is 23.1 Å². The maximum atomic E-state index is 11.9. The van der Waals surface area contributed by atoms with Gasteiger partial charge < -0.3 is 10.1 Å². The van der Waals surface area contributed by atoms with E-state index in [2.05, 4.69) is 24.4 Å². The van der Waals surface area contributed by atoms with Crippen LogP contribution in [0.4, 0.5) is 4.79 Å². The highest BCUT2D eigenvalue weighted by Gasteiger charge is 2.37. The third-order valence-corrected chi connectivity index (χ3v) is 4.27. The third kappa shape index (κ3) is 2.45. The Morgan fingerprint density at radius 1 is 1.32 bits per heavy atom. The molecule has 1 aromatic carbocycles. The Hall–Kier alpha value is -1.55. The SMILES string of the molecule is CC1CNCC1CN1C(=O)OCC1c1ccccc1. The van der Waals surface area contributed by atoms with Crippen LogP contribution in [-0.4, -0.2) is 37.2 Å². The molecule has 4 nitrogen and oxygen atoms in total. The highest BCUT2D eigenvalue weighted by molar-refractivity contribution is 5.70. The molecule has 2 heterocycles. The van der Waals surface area contributed by atoms with E-state index in [1.54, 1.807) is 0 Å². The first-order chi connectivity index (χ1) is 9.25. The van der Waals surface area contributed by atoms with Crippen LogP contribution in [0.5, 0.6) is 0 Å². The summed E-state index contributed by atoms with van der Waals surface area (Å²) in [7, 11) is 0. The minimum Gasteiger partial charge on any atom is -0.447 e. The summed E-state index contributed by atoms with van der Waals surface area (Å²) >= 11 is 0. The molecular formula is C15H20N2O2. The van der Waals surface area contributed by atoms with E-state index in [-0.39, 0.29) is 12.1 Å². The normalized spacial score (nSPS) is 30.7. The number of nitrogens with zero attached hydrogens (tertiary/aromatic N) is 1. The zero-order valence-corrected chi connectivity index (χ0v) is 11.2. The summed E-state index contributed by atoms with van der Waals surface area (Å²) in [5.74, 6) is 1.14. The van der Waals surface area contributed by atoms with Crippen LogP contribution in [0.1, 0.15) is 18.5 Å². The molecule has 19 heavy (non-hydrogen) atoms. The number of amides is 1. The molecule has 1 N–H and O–H groups in total. The Labute approximate surface area is 113 Å². The predicted octanol–water partition coefficient (Wildman–Crippen LogP) is 2.04. The molecule has 2 aliphatic heterocycles. The summed E-state index contributed by atoms with van der Waals surface area (Å²) in [4.78, 5) is 13.8. The number of carbonyl (C=O) groups excluding carboxylic acids is 1. The van der Waals surface area contributed by atoms with Gasteiger partial charge in [-0.3, -0.25) is 4.90 Å². The van der Waals surface area contributed by atoms with E-state index >= 15 is 0 Å². The highest BCUT2D eigenvalue weighted by atomic mass is 16.6. The van der Waals surface area contributed by atoms with Gasteiger partial charge in [-0.1, -0.05) is 37.3 Å². The molecule has 1 amide bonds. The fraction of sp³-hybridized carbons (Fsp3) is 0.533. The molecule has 3 atom stereocenters. The van der Waals surface area contributed by atoms with Crippen LogP contribution in [0.25, 0.3) is 0 Å². The average molecular weight is 260 g/mol. The predicted molar refractivity (Wildman–Crippen MR) is 72.8 cm³/mol. The Morgan fingerprint density at radius 2 is 2.11 bits per heavy atom. The van der Waals surface area contributed by atoms with Crippen molar-refractivity contribution in [1.29, 1.82) is 0 Å². The van der Waals surface area contributed by atoms with Crippen molar-refractivity contribution >= 4 is 6.09 Å². The highest BCUT2D eigenvalue weighted by Crippen LogP contribution is 2.30. The van der Waals surface area contributed by atoms with Gasteiger partial charge in [0.2, 0.25) is 0 Å². The molecule has 2 fully saturated rings. The molecule has 2 saturated heterocycles. The van der Waals surface area contributed by atoms with Crippen molar-refractivity contribution in [2.24, 2.45) is 11.8 Å². The van der Waals surface area contributed by atoms with E-state index < -0.39 is 0 Å². The topological polar surface area (TPSA) is 41.6 Å². The van der Waals surface area contributed by atoms with Crippen molar-refractivity contribution in [2.45, 2.75) is 13.0 Å². The number of carbonyl (C=O) groups is 1. The Kier molecular flexibility index (Phi) is 3.42. The maximum absolute atomic E-state index is 11.9. The lowest BCUT2D eigenvalue weighted by molar-refractivity contribution is 0.151. The van der Waals surface area contributed by atoms with Gasteiger partial charge in [-0.2, -0.15) is 0 Å². The van der Waals surface area contributed by atoms with Gasteiger partial charge in [0.1, 0.15) is 6.61 Å². The van der Waals surface area contributed by atoms with Gasteiger partial charge >= 0.3 is 6.09 Å². The van der Waals surface area contributed by atoms with Crippen molar-refractivity contribution in [2.75, 3.05) is 26.2 Å². The summed E-state index contributed by atoms with van der Waals surface area (Å²) in [6.45, 7) is 5.53. The molecule has 0 bridgehead atoms. The Balaban J connectivity index is 1.75. The molecule has 0 aromatic heterocycles. The van der Waals surface area contributed by atoms with Crippen molar-refractivity contribution in [3.8, 4) is 0 Å². The largest absolute Gasteiger partial charge is 0.447 e. The second kappa shape index (κ2) is 5.21. The standard InChI is InChI=1S/C15H20N2O2/c1-11-7-16-8-13(11)9-17-14(10-19-15(17)18)12-5-3-2-4-6-12/h2-6,11,13-14,16H,7-10H2,1H3. The zero-order chi connectivity index (χ0) is 13.2. The number of cyclic esters (lactones) is 1. The molecule has 1 aromatic rings. The molecule has 0 aliphatic carbocycles. The van der Waals surface area contributed by atoms with Crippen LogP contribution in [-0.2, 0) is 4.74 Å². The first kappa shape index (κ1) is 12.5. The van der Waals surface area contributed by atoms with E-state index in [9.17, 15) is 4.79 Å². The van der Waals surface area contributed by atoms with Crippen molar-refractivity contribution in [3.63, 3.8) is 0 Å². The van der Waals surface area contributed by atoms with Crippen molar-refractivity contribution in [1.82, 2.24) is 10.2 Å². The molecule has 2 aliphatic rings. The van der Waals surface area contributed by atoms with Gasteiger partial charge in [0, 0.05) is 6.54 Å². The van der Waals surface area contributed by atoms with Gasteiger partial charge in [0.25, 0.3) is 0 Å². The monoisotopic (exact) mass is 260 g/mol. The van der Waals surface area contributed by atoms with E-state index in [1.165, 1.54) is 0 Å². The van der Waals surface area contributed by atoms with Gasteiger partial charge in [0.05, 0.1) is 6.04 Å². The summed E-state index contributed by atoms with van der Waals surface area (Å²) < 4.78 is 5.24. The smallest absolute Gasteiger partial charge is 0.410 e. The van der Waals surface area contributed by atoms with Gasteiger partial charge in [-0.25, -0.2) is 4.79 Å².